The van der Waals surface area contributed by atoms with E-state index in [1.165, 1.54) is 6.08 Å². The van der Waals surface area contributed by atoms with Gasteiger partial charge in [0, 0.05) is 4.47 Å². The van der Waals surface area contributed by atoms with E-state index >= 15 is 0 Å². The van der Waals surface area contributed by atoms with Crippen molar-refractivity contribution >= 4 is 68.1 Å². The van der Waals surface area contributed by atoms with Crippen molar-refractivity contribution in [2.75, 3.05) is 18.6 Å². The van der Waals surface area contributed by atoms with Gasteiger partial charge in [-0.05, 0) is 84.0 Å². The van der Waals surface area contributed by atoms with Gasteiger partial charge in [0.25, 0.3) is 11.8 Å². The zero-order valence-corrected chi connectivity index (χ0v) is 20.2. The second kappa shape index (κ2) is 9.17. The van der Waals surface area contributed by atoms with Gasteiger partial charge >= 0.3 is 6.03 Å². The number of rotatable bonds is 5. The van der Waals surface area contributed by atoms with Crippen molar-refractivity contribution in [1.82, 2.24) is 5.32 Å². The first-order chi connectivity index (χ1) is 14.3. The molecule has 3 rings (SSSR count). The Hall–Kier alpha value is -2.40. The smallest absolute Gasteiger partial charge is 0.335 e. The number of nitrogens with one attached hydrogen (secondary N) is 1. The molecule has 7 nitrogen and oxygen atoms in total. The summed E-state index contributed by atoms with van der Waals surface area (Å²) in [6.45, 7) is 4.12. The average Bonchev–Trinajstić information content (AvgIpc) is 2.68. The second-order valence-corrected chi connectivity index (χ2v) is 8.37. The summed E-state index contributed by atoms with van der Waals surface area (Å²) >= 11 is 5.49. The summed E-state index contributed by atoms with van der Waals surface area (Å²) in [5, 5.41) is 2.23. The van der Waals surface area contributed by atoms with E-state index in [1.54, 1.807) is 37.4 Å². The molecule has 0 aromatic heterocycles. The van der Waals surface area contributed by atoms with Crippen molar-refractivity contribution in [1.29, 1.82) is 0 Å². The van der Waals surface area contributed by atoms with Gasteiger partial charge in [0.1, 0.15) is 5.57 Å². The molecule has 1 aliphatic heterocycles. The minimum atomic E-state index is -0.789. The summed E-state index contributed by atoms with van der Waals surface area (Å²) in [6, 6.07) is 7.72. The number of barbiturate groups is 1. The fourth-order valence-electron chi connectivity index (χ4n) is 2.96. The van der Waals surface area contributed by atoms with Crippen LogP contribution in [0.15, 0.2) is 40.4 Å². The fraction of sp³-hybridized carbons (Fsp3) is 0.190. The maximum Gasteiger partial charge on any atom is 0.335 e. The van der Waals surface area contributed by atoms with Crippen LogP contribution in [-0.4, -0.2) is 31.6 Å². The second-order valence-electron chi connectivity index (χ2n) is 6.36. The number of ether oxygens (including phenoxy) is 2. The van der Waals surface area contributed by atoms with E-state index in [-0.39, 0.29) is 5.57 Å². The molecule has 4 amide bonds. The molecular formula is C21H18BrIN2O5. The lowest BCUT2D eigenvalue weighted by Gasteiger charge is -2.26. The van der Waals surface area contributed by atoms with Crippen LogP contribution < -0.4 is 19.7 Å². The fourth-order valence-corrected chi connectivity index (χ4v) is 4.05. The van der Waals surface area contributed by atoms with Crippen molar-refractivity contribution in [3.63, 3.8) is 0 Å². The van der Waals surface area contributed by atoms with Crippen LogP contribution >= 0.6 is 38.5 Å². The predicted molar refractivity (Wildman–Crippen MR) is 125 cm³/mol. The highest BCUT2D eigenvalue weighted by molar-refractivity contribution is 14.1. The summed E-state index contributed by atoms with van der Waals surface area (Å²) in [7, 11) is 1.54. The van der Waals surface area contributed by atoms with Crippen molar-refractivity contribution in [2.24, 2.45) is 0 Å². The minimum Gasteiger partial charge on any atom is -0.492 e. The molecule has 0 atom stereocenters. The van der Waals surface area contributed by atoms with E-state index in [4.69, 9.17) is 9.47 Å². The van der Waals surface area contributed by atoms with Gasteiger partial charge in [0.15, 0.2) is 11.5 Å². The van der Waals surface area contributed by atoms with Crippen molar-refractivity contribution in [2.45, 2.75) is 13.8 Å². The monoisotopic (exact) mass is 584 g/mol. The van der Waals surface area contributed by atoms with Gasteiger partial charge in [-0.15, -0.1) is 0 Å². The number of carbonyl (C=O) groups is 3. The number of nitrogens with zero attached hydrogens (tertiary/aromatic N) is 1. The van der Waals surface area contributed by atoms with Crippen molar-refractivity contribution in [3.8, 4) is 11.5 Å². The Morgan fingerprint density at radius 1 is 1.20 bits per heavy atom. The summed E-state index contributed by atoms with van der Waals surface area (Å²) in [6.07, 6.45) is 1.44. The lowest BCUT2D eigenvalue weighted by molar-refractivity contribution is -0.122. The number of urea groups is 1. The Kier molecular flexibility index (Phi) is 6.81. The maximum atomic E-state index is 13.1. The SMILES string of the molecule is CCOc1cc(/C=C2\C(=O)NC(=O)N(c3ccc(Br)c(C)c3)C2=O)cc(I)c1OC. The molecular weight excluding hydrogens is 567 g/mol. The Balaban J connectivity index is 2.05. The molecule has 30 heavy (non-hydrogen) atoms. The zero-order chi connectivity index (χ0) is 22.0. The molecule has 0 aliphatic carbocycles. The highest BCUT2D eigenvalue weighted by atomic mass is 127. The van der Waals surface area contributed by atoms with E-state index in [0.717, 1.165) is 18.5 Å². The van der Waals surface area contributed by atoms with Crippen LogP contribution in [0.1, 0.15) is 18.1 Å². The molecule has 1 fully saturated rings. The van der Waals surface area contributed by atoms with Crippen LogP contribution in [0.5, 0.6) is 11.5 Å². The largest absolute Gasteiger partial charge is 0.492 e. The summed E-state index contributed by atoms with van der Waals surface area (Å²) in [5.41, 5.74) is 1.64. The number of aryl methyl sites for hydroxylation is 1. The van der Waals surface area contributed by atoms with Gasteiger partial charge in [0.05, 0.1) is 23.0 Å². The van der Waals surface area contributed by atoms with Gasteiger partial charge in [0.2, 0.25) is 0 Å². The lowest BCUT2D eigenvalue weighted by atomic mass is 10.1. The van der Waals surface area contributed by atoms with Crippen LogP contribution in [0.25, 0.3) is 6.08 Å². The third-order valence-corrected chi connectivity index (χ3v) is 6.04. The molecule has 1 heterocycles. The van der Waals surface area contributed by atoms with Gasteiger partial charge in [-0.25, -0.2) is 9.69 Å². The van der Waals surface area contributed by atoms with Crippen LogP contribution in [0.3, 0.4) is 0 Å². The van der Waals surface area contributed by atoms with Crippen molar-refractivity contribution in [3.05, 3.63) is 55.1 Å². The quantitative estimate of drug-likeness (QED) is 0.319. The molecule has 1 saturated heterocycles. The Morgan fingerprint density at radius 3 is 2.57 bits per heavy atom. The highest BCUT2D eigenvalue weighted by Gasteiger charge is 2.37. The normalized spacial score (nSPS) is 15.4. The van der Waals surface area contributed by atoms with E-state index in [0.29, 0.717) is 29.4 Å². The van der Waals surface area contributed by atoms with Crippen LogP contribution in [0.2, 0.25) is 0 Å². The van der Waals surface area contributed by atoms with Gasteiger partial charge in [-0.1, -0.05) is 15.9 Å². The van der Waals surface area contributed by atoms with Crippen molar-refractivity contribution < 1.29 is 23.9 Å². The minimum absolute atomic E-state index is 0.154. The number of amides is 4. The molecule has 9 heteroatoms. The molecule has 156 valence electrons. The van der Waals surface area contributed by atoms with Gasteiger partial charge < -0.3 is 9.47 Å². The van der Waals surface area contributed by atoms with Crippen LogP contribution in [0.4, 0.5) is 10.5 Å². The van der Waals surface area contributed by atoms with E-state index in [2.05, 4.69) is 43.8 Å². The van der Waals surface area contributed by atoms with Gasteiger partial charge in [-0.2, -0.15) is 0 Å². The molecule has 1 N–H and O–H groups in total. The first kappa shape index (κ1) is 22.3. The maximum absolute atomic E-state index is 13.1. The number of benzene rings is 2. The Bertz CT molecular complexity index is 1080. The first-order valence-electron chi connectivity index (χ1n) is 8.94. The Labute approximate surface area is 195 Å². The molecule has 0 bridgehead atoms. The topological polar surface area (TPSA) is 84.9 Å². The number of hydrogen-bond acceptors (Lipinski definition) is 5. The summed E-state index contributed by atoms with van der Waals surface area (Å²) in [4.78, 5) is 38.8. The molecule has 0 saturated carbocycles. The number of carbonyl (C=O) groups excluding carboxylic acids is 3. The summed E-state index contributed by atoms with van der Waals surface area (Å²) < 4.78 is 12.6. The summed E-state index contributed by atoms with van der Waals surface area (Å²) in [5.74, 6) is -0.381. The molecule has 0 unspecified atom stereocenters. The molecule has 0 spiro atoms. The lowest BCUT2D eigenvalue weighted by Crippen LogP contribution is -2.54. The van der Waals surface area contributed by atoms with Crippen LogP contribution in [0, 0.1) is 10.5 Å². The van der Waals surface area contributed by atoms with E-state index in [1.807, 2.05) is 13.8 Å². The molecule has 2 aromatic rings. The average molecular weight is 585 g/mol. The number of imide groups is 2. The van der Waals surface area contributed by atoms with Gasteiger partial charge in [-0.3, -0.25) is 14.9 Å². The molecule has 1 aliphatic rings. The standard InChI is InChI=1S/C21H18BrIN2O5/c1-4-30-17-10-12(9-16(23)18(17)29-3)8-14-19(26)24-21(28)25(20(14)27)13-5-6-15(22)11(2)7-13/h5-10H,4H2,1-3H3,(H,24,26,28)/b14-8+. The first-order valence-corrected chi connectivity index (χ1v) is 10.8. The molecule has 0 radical (unpaired) electrons. The molecule has 2 aromatic carbocycles. The van der Waals surface area contributed by atoms with E-state index < -0.39 is 17.8 Å². The number of anilines is 1. The number of halogens is 2. The van der Waals surface area contributed by atoms with E-state index in [9.17, 15) is 14.4 Å². The van der Waals surface area contributed by atoms with Crippen LogP contribution in [-0.2, 0) is 9.59 Å². The zero-order valence-electron chi connectivity index (χ0n) is 16.4. The third kappa shape index (κ3) is 4.36. The predicted octanol–water partition coefficient (Wildman–Crippen LogP) is 4.44. The number of hydrogen-bond donors (Lipinski definition) is 1. The highest BCUT2D eigenvalue weighted by Crippen LogP contribution is 2.35. The Morgan fingerprint density at radius 2 is 1.93 bits per heavy atom. The number of methoxy groups -OCH3 is 1. The third-order valence-electron chi connectivity index (χ3n) is 4.35.